The zero-order valence-corrected chi connectivity index (χ0v) is 17.6. The molecule has 26 heavy (non-hydrogen) atoms. The number of nitrogens with zero attached hydrogens (tertiary/aromatic N) is 1. The van der Waals surface area contributed by atoms with Gasteiger partial charge in [-0.2, -0.15) is 0 Å². The highest BCUT2D eigenvalue weighted by atomic mass is 16.6. The lowest BCUT2D eigenvalue weighted by atomic mass is 9.86. The lowest BCUT2D eigenvalue weighted by molar-refractivity contribution is -0.162. The van der Waals surface area contributed by atoms with Gasteiger partial charge in [0.2, 0.25) is 0 Å². The van der Waals surface area contributed by atoms with Crippen LogP contribution in [-0.4, -0.2) is 48.2 Å². The summed E-state index contributed by atoms with van der Waals surface area (Å²) in [5.41, 5.74) is 2.16. The summed E-state index contributed by atoms with van der Waals surface area (Å²) < 4.78 is 5.74. The maximum atomic E-state index is 12.9. The molecule has 1 aromatic rings. The zero-order chi connectivity index (χ0) is 19.5. The van der Waals surface area contributed by atoms with Crippen molar-refractivity contribution in [3.05, 3.63) is 35.4 Å². The van der Waals surface area contributed by atoms with Gasteiger partial charge in [-0.25, -0.2) is 0 Å². The van der Waals surface area contributed by atoms with Crippen LogP contribution in [0, 0.1) is 0 Å². The molecule has 1 fully saturated rings. The van der Waals surface area contributed by atoms with Gasteiger partial charge in [0, 0.05) is 25.7 Å². The van der Waals surface area contributed by atoms with Crippen LogP contribution in [0.4, 0.5) is 0 Å². The van der Waals surface area contributed by atoms with Crippen molar-refractivity contribution in [2.45, 2.75) is 78.0 Å². The molecule has 0 saturated carbocycles. The Morgan fingerprint density at radius 2 is 1.81 bits per heavy atom. The summed E-state index contributed by atoms with van der Waals surface area (Å²) in [7, 11) is 0. The van der Waals surface area contributed by atoms with Gasteiger partial charge < -0.3 is 10.1 Å². The first-order valence-corrected chi connectivity index (χ1v) is 9.75. The maximum absolute atomic E-state index is 12.9. The van der Waals surface area contributed by atoms with Crippen LogP contribution in [0.1, 0.15) is 59.6 Å². The summed E-state index contributed by atoms with van der Waals surface area (Å²) in [6.45, 7) is 17.2. The van der Waals surface area contributed by atoms with Gasteiger partial charge in [-0.05, 0) is 50.7 Å². The first-order chi connectivity index (χ1) is 12.0. The molecule has 1 aromatic carbocycles. The van der Waals surface area contributed by atoms with Gasteiger partial charge in [0.15, 0.2) is 0 Å². The molecular weight excluding hydrogens is 324 g/mol. The van der Waals surface area contributed by atoms with Crippen LogP contribution in [0.15, 0.2) is 24.3 Å². The van der Waals surface area contributed by atoms with Crippen molar-refractivity contribution in [3.63, 3.8) is 0 Å². The molecule has 0 amide bonds. The molecule has 0 aromatic heterocycles. The van der Waals surface area contributed by atoms with Crippen molar-refractivity contribution in [2.24, 2.45) is 0 Å². The molecule has 4 heteroatoms. The van der Waals surface area contributed by atoms with Crippen molar-refractivity contribution in [3.8, 4) is 0 Å². The van der Waals surface area contributed by atoms with Crippen LogP contribution >= 0.6 is 0 Å². The largest absolute Gasteiger partial charge is 0.459 e. The van der Waals surface area contributed by atoms with Gasteiger partial charge in [0.1, 0.15) is 11.6 Å². The summed E-state index contributed by atoms with van der Waals surface area (Å²) in [5, 5.41) is 3.45. The highest BCUT2D eigenvalue weighted by Gasteiger charge is 2.32. The average molecular weight is 361 g/mol. The van der Waals surface area contributed by atoms with Crippen molar-refractivity contribution < 1.29 is 9.53 Å². The fourth-order valence-corrected chi connectivity index (χ4v) is 3.34. The van der Waals surface area contributed by atoms with E-state index in [2.05, 4.69) is 62.2 Å². The Kier molecular flexibility index (Phi) is 6.51. The lowest BCUT2D eigenvalue weighted by Crippen LogP contribution is -2.56. The molecule has 1 saturated heterocycles. The predicted octanol–water partition coefficient (Wildman–Crippen LogP) is 3.53. The van der Waals surface area contributed by atoms with E-state index in [9.17, 15) is 4.79 Å². The molecule has 4 nitrogen and oxygen atoms in total. The normalized spacial score (nSPS) is 20.7. The van der Waals surface area contributed by atoms with Crippen LogP contribution in [0.25, 0.3) is 0 Å². The van der Waals surface area contributed by atoms with E-state index in [0.29, 0.717) is 12.5 Å². The topological polar surface area (TPSA) is 41.6 Å². The Morgan fingerprint density at radius 1 is 1.19 bits per heavy atom. The first kappa shape index (κ1) is 20.9. The Bertz CT molecular complexity index is 596. The third-order valence-electron chi connectivity index (χ3n) is 4.77. The van der Waals surface area contributed by atoms with Gasteiger partial charge in [-0.15, -0.1) is 0 Å². The minimum atomic E-state index is -0.467. The van der Waals surface area contributed by atoms with Gasteiger partial charge >= 0.3 is 5.97 Å². The second-order valence-corrected chi connectivity index (χ2v) is 9.55. The number of hydrogen-bond donors (Lipinski definition) is 1. The third kappa shape index (κ3) is 6.10. The van der Waals surface area contributed by atoms with Gasteiger partial charge in [0.05, 0.1) is 0 Å². The monoisotopic (exact) mass is 360 g/mol. The van der Waals surface area contributed by atoms with E-state index in [1.54, 1.807) is 0 Å². The van der Waals surface area contributed by atoms with Crippen molar-refractivity contribution in [1.29, 1.82) is 0 Å². The van der Waals surface area contributed by atoms with E-state index in [1.165, 1.54) is 11.1 Å². The van der Waals surface area contributed by atoms with E-state index >= 15 is 0 Å². The minimum absolute atomic E-state index is 0.119. The zero-order valence-electron chi connectivity index (χ0n) is 17.6. The molecule has 0 aliphatic carbocycles. The molecule has 1 N–H and O–H groups in total. The molecule has 0 spiro atoms. The molecular formula is C22H36N2O2. The summed E-state index contributed by atoms with van der Waals surface area (Å²) in [6, 6.07) is 8.83. The molecule has 0 radical (unpaired) electrons. The predicted molar refractivity (Wildman–Crippen MR) is 108 cm³/mol. The number of piperazine rings is 1. The molecule has 1 aliphatic rings. The van der Waals surface area contributed by atoms with Crippen molar-refractivity contribution in [2.75, 3.05) is 19.6 Å². The number of rotatable bonds is 4. The van der Waals surface area contributed by atoms with E-state index in [1.807, 2.05) is 20.8 Å². The Hall–Kier alpha value is -1.39. The van der Waals surface area contributed by atoms with Crippen LogP contribution < -0.4 is 5.32 Å². The van der Waals surface area contributed by atoms with Gasteiger partial charge in [-0.3, -0.25) is 9.69 Å². The first-order valence-electron chi connectivity index (χ1n) is 9.75. The summed E-state index contributed by atoms with van der Waals surface area (Å²) in [5.74, 6) is -0.119. The number of carbonyl (C=O) groups is 1. The number of nitrogens with one attached hydrogen (secondary N) is 1. The molecule has 146 valence electrons. The van der Waals surface area contributed by atoms with Crippen LogP contribution in [-0.2, 0) is 21.4 Å². The number of ether oxygens (including phenoxy) is 1. The number of carbonyl (C=O) groups excluding carboxylic acids is 1. The van der Waals surface area contributed by atoms with Crippen LogP contribution in [0.3, 0.4) is 0 Å². The summed E-state index contributed by atoms with van der Waals surface area (Å²) in [6.07, 6.45) is 0.687. The third-order valence-corrected chi connectivity index (χ3v) is 4.77. The Morgan fingerprint density at radius 3 is 2.31 bits per heavy atom. The van der Waals surface area contributed by atoms with Gasteiger partial charge in [0.25, 0.3) is 0 Å². The number of benzene rings is 1. The maximum Gasteiger partial charge on any atom is 0.324 e. The second kappa shape index (κ2) is 8.10. The Labute approximate surface area is 159 Å². The molecule has 1 heterocycles. The summed E-state index contributed by atoms with van der Waals surface area (Å²) >= 11 is 0. The second-order valence-electron chi connectivity index (χ2n) is 9.55. The van der Waals surface area contributed by atoms with Gasteiger partial charge in [-0.1, -0.05) is 45.0 Å². The van der Waals surface area contributed by atoms with Crippen molar-refractivity contribution in [1.82, 2.24) is 10.2 Å². The smallest absolute Gasteiger partial charge is 0.324 e. The Balaban J connectivity index is 2.19. The highest BCUT2D eigenvalue weighted by molar-refractivity contribution is 5.76. The lowest BCUT2D eigenvalue weighted by Gasteiger charge is -2.37. The number of esters is 1. The molecule has 0 unspecified atom stereocenters. The fraction of sp³-hybridized carbons (Fsp3) is 0.682. The molecule has 2 rings (SSSR count). The molecule has 0 bridgehead atoms. The van der Waals surface area contributed by atoms with Crippen LogP contribution in [0.5, 0.6) is 0 Å². The van der Waals surface area contributed by atoms with E-state index in [4.69, 9.17) is 4.74 Å². The molecule has 2 atom stereocenters. The molecule has 1 aliphatic heterocycles. The van der Waals surface area contributed by atoms with Crippen LogP contribution in [0.2, 0.25) is 0 Å². The SMILES string of the molecule is C[C@H]1CN([C@@H](Cc2ccc(C(C)(C)C)cc2)C(=O)OC(C)(C)C)CCN1. The fourth-order valence-electron chi connectivity index (χ4n) is 3.34. The highest BCUT2D eigenvalue weighted by Crippen LogP contribution is 2.23. The van der Waals surface area contributed by atoms with E-state index < -0.39 is 5.60 Å². The van der Waals surface area contributed by atoms with E-state index in [0.717, 1.165) is 19.6 Å². The number of hydrogen-bond acceptors (Lipinski definition) is 4. The van der Waals surface area contributed by atoms with E-state index in [-0.39, 0.29) is 17.4 Å². The average Bonchev–Trinajstić information content (AvgIpc) is 2.50. The van der Waals surface area contributed by atoms with Crippen molar-refractivity contribution >= 4 is 5.97 Å². The minimum Gasteiger partial charge on any atom is -0.459 e. The quantitative estimate of drug-likeness (QED) is 0.834. The standard InChI is InChI=1S/C22H36N2O2/c1-16-15-24(13-12-23-16)19(20(25)26-22(5,6)7)14-17-8-10-18(11-9-17)21(2,3)4/h8-11,16,19,23H,12-15H2,1-7H3/t16-,19-/m0/s1. The summed E-state index contributed by atoms with van der Waals surface area (Å²) in [4.78, 5) is 15.2.